The lowest BCUT2D eigenvalue weighted by molar-refractivity contribution is 0.169. The van der Waals surface area contributed by atoms with Gasteiger partial charge in [-0.25, -0.2) is 4.39 Å². The molecule has 146 valence electrons. The highest BCUT2D eigenvalue weighted by Crippen LogP contribution is 2.19. The number of nitrogens with zero attached hydrogens (tertiary/aromatic N) is 2. The van der Waals surface area contributed by atoms with Gasteiger partial charge in [-0.15, -0.1) is 11.3 Å². The summed E-state index contributed by atoms with van der Waals surface area (Å²) >= 11 is 1.84. The molecule has 0 bridgehead atoms. The summed E-state index contributed by atoms with van der Waals surface area (Å²) in [5.74, 6) is 1.28. The summed E-state index contributed by atoms with van der Waals surface area (Å²) in [6.45, 7) is 5.05. The average Bonchev–Trinajstić information content (AvgIpc) is 3.18. The van der Waals surface area contributed by atoms with Gasteiger partial charge in [-0.2, -0.15) is 0 Å². The van der Waals surface area contributed by atoms with Crippen molar-refractivity contribution in [3.8, 4) is 0 Å². The quantitative estimate of drug-likeness (QED) is 0.563. The van der Waals surface area contributed by atoms with E-state index in [2.05, 4.69) is 38.0 Å². The van der Waals surface area contributed by atoms with Crippen LogP contribution >= 0.6 is 11.3 Å². The highest BCUT2D eigenvalue weighted by Gasteiger charge is 2.20. The molecule has 0 radical (unpaired) electrons. The zero-order valence-corrected chi connectivity index (χ0v) is 16.8. The predicted octanol–water partition coefficient (Wildman–Crippen LogP) is 3.51. The molecule has 1 aromatic carbocycles. The highest BCUT2D eigenvalue weighted by molar-refractivity contribution is 7.09. The van der Waals surface area contributed by atoms with E-state index in [1.807, 2.05) is 17.4 Å². The van der Waals surface area contributed by atoms with Crippen LogP contribution in [-0.4, -0.2) is 44.1 Å². The molecule has 4 nitrogen and oxygen atoms in total. The standard InChI is InChI=1S/C21H29FN4S/c1-23-21(24-10-9-17-5-2-7-19(22)13-17)25-14-18-6-3-11-26(15-18)16-20-8-4-12-27-20/h2,4-5,7-8,12-13,18H,3,6,9-11,14-16H2,1H3,(H2,23,24,25). The fourth-order valence-electron chi connectivity index (χ4n) is 3.56. The maximum atomic E-state index is 13.2. The monoisotopic (exact) mass is 388 g/mol. The number of thiophene rings is 1. The van der Waals surface area contributed by atoms with E-state index in [0.29, 0.717) is 5.92 Å². The van der Waals surface area contributed by atoms with Crippen LogP contribution < -0.4 is 10.6 Å². The number of guanidine groups is 1. The van der Waals surface area contributed by atoms with E-state index in [-0.39, 0.29) is 5.82 Å². The largest absolute Gasteiger partial charge is 0.356 e. The van der Waals surface area contributed by atoms with Crippen molar-refractivity contribution in [3.63, 3.8) is 0 Å². The van der Waals surface area contributed by atoms with Gasteiger partial charge in [0.15, 0.2) is 5.96 Å². The van der Waals surface area contributed by atoms with Gasteiger partial charge in [-0.05, 0) is 60.9 Å². The first-order chi connectivity index (χ1) is 13.2. The Bertz CT molecular complexity index is 717. The molecule has 1 aliphatic rings. The molecule has 2 N–H and O–H groups in total. The van der Waals surface area contributed by atoms with Crippen molar-refractivity contribution < 1.29 is 4.39 Å². The van der Waals surface area contributed by atoms with Gasteiger partial charge in [0.1, 0.15) is 5.82 Å². The smallest absolute Gasteiger partial charge is 0.190 e. The predicted molar refractivity (Wildman–Crippen MR) is 112 cm³/mol. The number of hydrogen-bond donors (Lipinski definition) is 2. The Balaban J connectivity index is 1.38. The molecule has 1 aromatic heterocycles. The molecule has 0 aliphatic carbocycles. The molecule has 1 unspecified atom stereocenters. The number of nitrogens with one attached hydrogen (secondary N) is 2. The summed E-state index contributed by atoms with van der Waals surface area (Å²) in [6.07, 6.45) is 3.29. The van der Waals surface area contributed by atoms with Crippen LogP contribution in [0.5, 0.6) is 0 Å². The van der Waals surface area contributed by atoms with Crippen molar-refractivity contribution in [3.05, 3.63) is 58.0 Å². The number of aliphatic imine (C=N–C) groups is 1. The van der Waals surface area contributed by atoms with Gasteiger partial charge in [0.05, 0.1) is 0 Å². The molecule has 0 spiro atoms. The molecule has 27 heavy (non-hydrogen) atoms. The molecular formula is C21H29FN4S. The van der Waals surface area contributed by atoms with E-state index in [1.54, 1.807) is 19.2 Å². The fraction of sp³-hybridized carbons (Fsp3) is 0.476. The minimum atomic E-state index is -0.181. The second-order valence-electron chi connectivity index (χ2n) is 7.08. The topological polar surface area (TPSA) is 39.7 Å². The summed E-state index contributed by atoms with van der Waals surface area (Å²) in [5, 5.41) is 8.94. The van der Waals surface area contributed by atoms with Crippen LogP contribution in [0.25, 0.3) is 0 Å². The summed E-state index contributed by atoms with van der Waals surface area (Å²) < 4.78 is 13.2. The van der Waals surface area contributed by atoms with Crippen LogP contribution in [0, 0.1) is 11.7 Å². The zero-order valence-electron chi connectivity index (χ0n) is 16.0. The molecule has 1 saturated heterocycles. The lowest BCUT2D eigenvalue weighted by atomic mass is 9.98. The zero-order chi connectivity index (χ0) is 18.9. The van der Waals surface area contributed by atoms with E-state index in [0.717, 1.165) is 44.1 Å². The van der Waals surface area contributed by atoms with Gasteiger partial charge in [0, 0.05) is 38.1 Å². The van der Waals surface area contributed by atoms with E-state index in [1.165, 1.54) is 30.3 Å². The Hall–Kier alpha value is -1.92. The first-order valence-electron chi connectivity index (χ1n) is 9.66. The highest BCUT2D eigenvalue weighted by atomic mass is 32.1. The molecule has 0 saturated carbocycles. The molecule has 3 rings (SSSR count). The summed E-state index contributed by atoms with van der Waals surface area (Å²) in [5.41, 5.74) is 0.995. The van der Waals surface area contributed by atoms with Gasteiger partial charge in [0.25, 0.3) is 0 Å². The van der Waals surface area contributed by atoms with Crippen LogP contribution in [-0.2, 0) is 13.0 Å². The molecule has 1 atom stereocenters. The van der Waals surface area contributed by atoms with Crippen molar-refractivity contribution in [1.82, 2.24) is 15.5 Å². The van der Waals surface area contributed by atoms with E-state index in [4.69, 9.17) is 0 Å². The molecule has 2 heterocycles. The van der Waals surface area contributed by atoms with Crippen LogP contribution in [0.2, 0.25) is 0 Å². The van der Waals surface area contributed by atoms with Crippen molar-refractivity contribution >= 4 is 17.3 Å². The first-order valence-corrected chi connectivity index (χ1v) is 10.5. The Morgan fingerprint density at radius 2 is 2.22 bits per heavy atom. The third kappa shape index (κ3) is 6.63. The Morgan fingerprint density at radius 3 is 3.00 bits per heavy atom. The maximum absolute atomic E-state index is 13.2. The summed E-state index contributed by atoms with van der Waals surface area (Å²) in [6, 6.07) is 11.1. The van der Waals surface area contributed by atoms with Crippen molar-refractivity contribution in [1.29, 1.82) is 0 Å². The fourth-order valence-corrected chi connectivity index (χ4v) is 4.31. The third-order valence-corrected chi connectivity index (χ3v) is 5.80. The molecule has 1 fully saturated rings. The molecule has 0 amide bonds. The van der Waals surface area contributed by atoms with Gasteiger partial charge in [-0.1, -0.05) is 18.2 Å². The normalized spacial score (nSPS) is 18.4. The number of hydrogen-bond acceptors (Lipinski definition) is 3. The summed E-state index contributed by atoms with van der Waals surface area (Å²) in [7, 11) is 1.79. The number of rotatable bonds is 7. The average molecular weight is 389 g/mol. The third-order valence-electron chi connectivity index (χ3n) is 4.94. The van der Waals surface area contributed by atoms with Gasteiger partial charge in [0.2, 0.25) is 0 Å². The minimum Gasteiger partial charge on any atom is -0.356 e. The van der Waals surface area contributed by atoms with Crippen molar-refractivity contribution in [2.45, 2.75) is 25.8 Å². The van der Waals surface area contributed by atoms with Crippen molar-refractivity contribution in [2.75, 3.05) is 33.2 Å². The lowest BCUT2D eigenvalue weighted by Crippen LogP contribution is -2.44. The van der Waals surface area contributed by atoms with Gasteiger partial charge < -0.3 is 10.6 Å². The molecule has 2 aromatic rings. The van der Waals surface area contributed by atoms with E-state index < -0.39 is 0 Å². The Kier molecular flexibility index (Phi) is 7.66. The lowest BCUT2D eigenvalue weighted by Gasteiger charge is -2.32. The first kappa shape index (κ1) is 19.8. The Labute approximate surface area is 165 Å². The molecular weight excluding hydrogens is 359 g/mol. The van der Waals surface area contributed by atoms with Crippen LogP contribution in [0.3, 0.4) is 0 Å². The number of benzene rings is 1. The summed E-state index contributed by atoms with van der Waals surface area (Å²) in [4.78, 5) is 8.31. The second kappa shape index (κ2) is 10.4. The minimum absolute atomic E-state index is 0.181. The van der Waals surface area contributed by atoms with Crippen LogP contribution in [0.15, 0.2) is 46.8 Å². The second-order valence-corrected chi connectivity index (χ2v) is 8.11. The van der Waals surface area contributed by atoms with E-state index >= 15 is 0 Å². The van der Waals surface area contributed by atoms with E-state index in [9.17, 15) is 4.39 Å². The van der Waals surface area contributed by atoms with Crippen LogP contribution in [0.1, 0.15) is 23.3 Å². The van der Waals surface area contributed by atoms with Gasteiger partial charge in [-0.3, -0.25) is 9.89 Å². The Morgan fingerprint density at radius 1 is 1.30 bits per heavy atom. The van der Waals surface area contributed by atoms with Crippen LogP contribution in [0.4, 0.5) is 4.39 Å². The SMILES string of the molecule is CN=C(NCCc1cccc(F)c1)NCC1CCCN(Cc2cccs2)C1. The van der Waals surface area contributed by atoms with Crippen molar-refractivity contribution in [2.24, 2.45) is 10.9 Å². The number of piperidine rings is 1. The van der Waals surface area contributed by atoms with Gasteiger partial charge >= 0.3 is 0 Å². The molecule has 1 aliphatic heterocycles. The maximum Gasteiger partial charge on any atom is 0.190 e. The number of halogens is 1. The number of likely N-dealkylation sites (tertiary alicyclic amines) is 1. The molecule has 6 heteroatoms.